The van der Waals surface area contributed by atoms with Crippen molar-refractivity contribution in [2.24, 2.45) is 22.2 Å². The van der Waals surface area contributed by atoms with Crippen molar-refractivity contribution in [3.05, 3.63) is 35.9 Å². The van der Waals surface area contributed by atoms with Crippen molar-refractivity contribution >= 4 is 41.6 Å². The highest BCUT2D eigenvalue weighted by Crippen LogP contribution is 2.13. The van der Waals surface area contributed by atoms with Crippen molar-refractivity contribution in [1.29, 1.82) is 0 Å². The number of carboxylic acid groups (broad SMARTS) is 3. The lowest BCUT2D eigenvalue weighted by molar-refractivity contribution is -0.192. The Labute approximate surface area is 257 Å². The first-order valence-electron chi connectivity index (χ1n) is 13.0. The second kappa shape index (κ2) is 20.0. The maximum atomic E-state index is 14.4. The molecule has 21 heteroatoms. The molecule has 0 saturated heterocycles. The standard InChI is InChI=1S/C23H33F2N7O7.C2HF3O2/c24-13(11-30-19(35)14(26)7-4-8-29-23(27)28)18(25)21(37)31-15(10-17(33)34)20(36)32-16(22(38)39)9-12-5-2-1-3-6-12;3-2(4,5)1(6)7/h1-3,5-6,13-16,18H,4,7-11,26H2,(H,30,35)(H,31,37)(H,32,36)(H,33,34)(H,38,39)(H4,27,28,29);(H,6,7)/t13-,14+,15+,16+,18-;/m1./s1. The molecule has 0 aliphatic heterocycles. The van der Waals surface area contributed by atoms with E-state index in [-0.39, 0.29) is 25.3 Å². The van der Waals surface area contributed by atoms with E-state index in [2.05, 4.69) is 15.6 Å². The van der Waals surface area contributed by atoms with Gasteiger partial charge in [0.05, 0.1) is 19.0 Å². The Hall–Kier alpha value is -5.08. The van der Waals surface area contributed by atoms with Crippen LogP contribution in [0.4, 0.5) is 22.0 Å². The largest absolute Gasteiger partial charge is 0.490 e. The number of nitrogens with zero attached hydrogens (tertiary/aromatic N) is 1. The minimum Gasteiger partial charge on any atom is -0.481 e. The summed E-state index contributed by atoms with van der Waals surface area (Å²) in [6.45, 7) is -0.741. The SMILES string of the molecule is NC(N)=NCCC[C@H](N)C(=O)NC[C@@H](F)[C@@H](F)C(=O)N[C@@H](CC(=O)O)C(=O)N[C@@H](Cc1ccccc1)C(=O)O.O=C(O)C(F)(F)F. The van der Waals surface area contributed by atoms with E-state index in [1.54, 1.807) is 35.6 Å². The molecule has 0 spiro atoms. The van der Waals surface area contributed by atoms with E-state index in [9.17, 15) is 51.0 Å². The first-order valence-corrected chi connectivity index (χ1v) is 13.0. The monoisotopic (exact) mass is 671 g/mol. The van der Waals surface area contributed by atoms with Gasteiger partial charge in [-0.2, -0.15) is 13.2 Å². The molecule has 0 aromatic heterocycles. The van der Waals surface area contributed by atoms with Crippen LogP contribution in [0.5, 0.6) is 0 Å². The molecule has 46 heavy (non-hydrogen) atoms. The van der Waals surface area contributed by atoms with Crippen LogP contribution < -0.4 is 33.2 Å². The number of nitrogens with one attached hydrogen (secondary N) is 3. The summed E-state index contributed by atoms with van der Waals surface area (Å²) in [5, 5.41) is 31.6. The van der Waals surface area contributed by atoms with Crippen molar-refractivity contribution in [1.82, 2.24) is 16.0 Å². The molecule has 16 nitrogen and oxygen atoms in total. The number of benzene rings is 1. The van der Waals surface area contributed by atoms with Gasteiger partial charge < -0.3 is 48.5 Å². The normalized spacial score (nSPS) is 14.0. The number of guanidine groups is 1. The predicted octanol–water partition coefficient (Wildman–Crippen LogP) is -1.44. The number of alkyl halides is 5. The quantitative estimate of drug-likeness (QED) is 0.0399. The summed E-state index contributed by atoms with van der Waals surface area (Å²) in [6.07, 6.45) is -11.3. The second-order valence-electron chi connectivity index (χ2n) is 9.27. The fourth-order valence-corrected chi connectivity index (χ4v) is 3.20. The minimum absolute atomic E-state index is 0.132. The Kier molecular flexibility index (Phi) is 17.8. The molecule has 258 valence electrons. The molecule has 0 saturated carbocycles. The zero-order chi connectivity index (χ0) is 35.6. The van der Waals surface area contributed by atoms with E-state index in [0.717, 1.165) is 0 Å². The molecule has 0 bridgehead atoms. The summed E-state index contributed by atoms with van der Waals surface area (Å²) in [5.74, 6) is -9.63. The smallest absolute Gasteiger partial charge is 0.481 e. The average molecular weight is 672 g/mol. The number of aliphatic carboxylic acids is 3. The highest BCUT2D eigenvalue weighted by molar-refractivity contribution is 5.94. The van der Waals surface area contributed by atoms with Gasteiger partial charge in [0.2, 0.25) is 18.0 Å². The summed E-state index contributed by atoms with van der Waals surface area (Å²) < 4.78 is 60.5. The molecule has 1 rings (SSSR count). The van der Waals surface area contributed by atoms with Gasteiger partial charge >= 0.3 is 24.1 Å². The van der Waals surface area contributed by atoms with Gasteiger partial charge in [0, 0.05) is 13.0 Å². The minimum atomic E-state index is -5.08. The Morgan fingerprint density at radius 1 is 0.870 bits per heavy atom. The first-order chi connectivity index (χ1) is 21.3. The molecule has 0 aliphatic carbocycles. The van der Waals surface area contributed by atoms with Crippen LogP contribution in [-0.4, -0.2) is 107 Å². The van der Waals surface area contributed by atoms with Gasteiger partial charge in [0.25, 0.3) is 5.91 Å². The van der Waals surface area contributed by atoms with Gasteiger partial charge in [0.1, 0.15) is 12.1 Å². The summed E-state index contributed by atoms with van der Waals surface area (Å²) in [6, 6.07) is 3.69. The van der Waals surface area contributed by atoms with E-state index in [1.807, 2.05) is 0 Å². The third-order valence-electron chi connectivity index (χ3n) is 5.50. The lowest BCUT2D eigenvalue weighted by atomic mass is 10.0. The van der Waals surface area contributed by atoms with Gasteiger partial charge in [-0.25, -0.2) is 18.4 Å². The summed E-state index contributed by atoms with van der Waals surface area (Å²) in [5.41, 5.74) is 16.5. The van der Waals surface area contributed by atoms with Crippen LogP contribution >= 0.6 is 0 Å². The zero-order valence-corrected chi connectivity index (χ0v) is 23.9. The first kappa shape index (κ1) is 40.9. The lowest BCUT2D eigenvalue weighted by Gasteiger charge is -2.22. The fraction of sp³-hybridized carbons (Fsp3) is 0.480. The summed E-state index contributed by atoms with van der Waals surface area (Å²) in [7, 11) is 0. The third-order valence-corrected chi connectivity index (χ3v) is 5.50. The van der Waals surface area contributed by atoms with Crippen LogP contribution in [0, 0.1) is 0 Å². The van der Waals surface area contributed by atoms with Crippen LogP contribution in [0.25, 0.3) is 0 Å². The van der Waals surface area contributed by atoms with E-state index in [0.29, 0.717) is 12.0 Å². The zero-order valence-electron chi connectivity index (χ0n) is 23.9. The second-order valence-corrected chi connectivity index (χ2v) is 9.27. The number of rotatable bonds is 17. The topological polar surface area (TPSA) is 290 Å². The molecule has 0 fully saturated rings. The van der Waals surface area contributed by atoms with Gasteiger partial charge in [-0.1, -0.05) is 30.3 Å². The molecule has 12 N–H and O–H groups in total. The molecule has 0 radical (unpaired) electrons. The molecule has 0 aliphatic rings. The van der Waals surface area contributed by atoms with Crippen molar-refractivity contribution in [2.45, 2.75) is 62.3 Å². The maximum Gasteiger partial charge on any atom is 0.490 e. The van der Waals surface area contributed by atoms with Crippen LogP contribution in [0.1, 0.15) is 24.8 Å². The molecule has 3 amide bonds. The highest BCUT2D eigenvalue weighted by Gasteiger charge is 2.38. The molecule has 0 heterocycles. The highest BCUT2D eigenvalue weighted by atomic mass is 19.4. The predicted molar refractivity (Wildman–Crippen MR) is 148 cm³/mol. The van der Waals surface area contributed by atoms with Crippen molar-refractivity contribution < 1.29 is 66.0 Å². The summed E-state index contributed by atoms with van der Waals surface area (Å²) in [4.78, 5) is 72.1. The van der Waals surface area contributed by atoms with E-state index in [4.69, 9.17) is 32.2 Å². The number of halogens is 5. The molecular weight excluding hydrogens is 637 g/mol. The van der Waals surface area contributed by atoms with Crippen LogP contribution in [0.2, 0.25) is 0 Å². The Balaban J connectivity index is 0.00000258. The van der Waals surface area contributed by atoms with Crippen molar-refractivity contribution in [3.63, 3.8) is 0 Å². The molecule has 1 aromatic rings. The number of carbonyl (C=O) groups is 6. The van der Waals surface area contributed by atoms with Crippen LogP contribution in [0.15, 0.2) is 35.3 Å². The van der Waals surface area contributed by atoms with E-state index in [1.165, 1.54) is 0 Å². The number of aliphatic imine (C=N–C) groups is 1. The molecular formula is C25H34F5N7O9. The lowest BCUT2D eigenvalue weighted by Crippen LogP contribution is -2.55. The Bertz CT molecular complexity index is 1220. The van der Waals surface area contributed by atoms with Gasteiger partial charge in [-0.3, -0.25) is 24.2 Å². The molecule has 5 atom stereocenters. The Morgan fingerprint density at radius 2 is 1.41 bits per heavy atom. The molecule has 1 aromatic carbocycles. The maximum absolute atomic E-state index is 14.4. The van der Waals surface area contributed by atoms with E-state index < -0.39 is 85.2 Å². The average Bonchev–Trinajstić information content (AvgIpc) is 2.96. The third kappa shape index (κ3) is 17.3. The molecule has 0 unspecified atom stereocenters. The number of nitrogens with two attached hydrogens (primary N) is 3. The van der Waals surface area contributed by atoms with E-state index >= 15 is 0 Å². The fourth-order valence-electron chi connectivity index (χ4n) is 3.20. The Morgan fingerprint density at radius 3 is 1.89 bits per heavy atom. The van der Waals surface area contributed by atoms with Crippen molar-refractivity contribution in [3.8, 4) is 0 Å². The van der Waals surface area contributed by atoms with Gasteiger partial charge in [-0.15, -0.1) is 0 Å². The van der Waals surface area contributed by atoms with Gasteiger partial charge in [0.15, 0.2) is 12.1 Å². The number of carbonyl (C=O) groups excluding carboxylic acids is 3. The number of carboxylic acids is 3. The number of hydrogen-bond donors (Lipinski definition) is 9. The van der Waals surface area contributed by atoms with Crippen LogP contribution in [-0.2, 0) is 35.2 Å². The number of amides is 3. The summed E-state index contributed by atoms with van der Waals surface area (Å²) >= 11 is 0. The van der Waals surface area contributed by atoms with Crippen molar-refractivity contribution in [2.75, 3.05) is 13.1 Å². The van der Waals surface area contributed by atoms with Crippen LogP contribution in [0.3, 0.4) is 0 Å². The number of hydrogen-bond acceptors (Lipinski definition) is 8. The van der Waals surface area contributed by atoms with Gasteiger partial charge in [-0.05, 0) is 18.4 Å².